The highest BCUT2D eigenvalue weighted by Gasteiger charge is 2.41. The third-order valence-electron chi connectivity index (χ3n) is 7.23. The molecule has 5 heterocycles. The van der Waals surface area contributed by atoms with Gasteiger partial charge in [0.15, 0.2) is 0 Å². The quantitative estimate of drug-likeness (QED) is 0.536. The molecule has 0 spiro atoms. The number of fused-ring (bicyclic) bond motifs is 2. The molecule has 1 aromatic carbocycles. The van der Waals surface area contributed by atoms with Crippen molar-refractivity contribution in [2.75, 3.05) is 13.1 Å². The molecule has 3 aromatic rings. The van der Waals surface area contributed by atoms with Gasteiger partial charge in [-0.1, -0.05) is 12.1 Å². The van der Waals surface area contributed by atoms with E-state index in [-0.39, 0.29) is 24.8 Å². The zero-order chi connectivity index (χ0) is 24.2. The van der Waals surface area contributed by atoms with E-state index in [4.69, 9.17) is 4.98 Å². The van der Waals surface area contributed by atoms with Crippen molar-refractivity contribution in [2.24, 2.45) is 0 Å². The lowest BCUT2D eigenvalue weighted by molar-refractivity contribution is -0.136. The van der Waals surface area contributed by atoms with Crippen LogP contribution < -0.4 is 5.32 Å². The predicted molar refractivity (Wildman–Crippen MR) is 128 cm³/mol. The maximum atomic E-state index is 12.9. The average Bonchev–Trinajstić information content (AvgIpc) is 3.41. The summed E-state index contributed by atoms with van der Waals surface area (Å²) >= 11 is 1.70. The van der Waals surface area contributed by atoms with Crippen LogP contribution in [0.5, 0.6) is 0 Å². The van der Waals surface area contributed by atoms with Crippen LogP contribution in [0.2, 0.25) is 0 Å². The van der Waals surface area contributed by atoms with Crippen LogP contribution in [0.15, 0.2) is 36.4 Å². The molecular weight excluding hydrogens is 466 g/mol. The maximum Gasteiger partial charge on any atom is 0.256 e. The summed E-state index contributed by atoms with van der Waals surface area (Å²) in [5, 5.41) is 14.8. The lowest BCUT2D eigenvalue weighted by atomic mass is 9.87. The van der Waals surface area contributed by atoms with Crippen molar-refractivity contribution < 1.29 is 19.5 Å². The summed E-state index contributed by atoms with van der Waals surface area (Å²) in [5.41, 5.74) is 1.54. The Bertz CT molecular complexity index is 1310. The standard InChI is InChI=1S/C25H25N5O4S/c31-21-8-6-18(23(32)28-21)30-13-17-15(24(30)33)5-7-20(26-17)25(34)9-11-29(12-10-25)14-22-27-16-3-1-2-4-19(16)35-22/h1-5,7,18,34H,6,8-14H2,(H,28,31,32). The minimum absolute atomic E-state index is 0.202. The van der Waals surface area contributed by atoms with Crippen LogP contribution in [0.1, 0.15) is 52.4 Å². The van der Waals surface area contributed by atoms with Gasteiger partial charge in [-0.3, -0.25) is 29.6 Å². The number of pyridine rings is 1. The number of imide groups is 1. The molecule has 0 bridgehead atoms. The maximum absolute atomic E-state index is 12.9. The lowest BCUT2D eigenvalue weighted by Gasteiger charge is -2.37. The molecule has 3 aliphatic heterocycles. The fraction of sp³-hybridized carbons (Fsp3) is 0.400. The monoisotopic (exact) mass is 491 g/mol. The minimum Gasteiger partial charge on any atom is -0.383 e. The van der Waals surface area contributed by atoms with E-state index in [1.54, 1.807) is 23.5 Å². The van der Waals surface area contributed by atoms with Crippen LogP contribution in [-0.2, 0) is 28.3 Å². The average molecular weight is 492 g/mol. The molecule has 180 valence electrons. The summed E-state index contributed by atoms with van der Waals surface area (Å²) in [5.74, 6) is -1.01. The smallest absolute Gasteiger partial charge is 0.256 e. The van der Waals surface area contributed by atoms with Crippen molar-refractivity contribution in [2.45, 2.75) is 50.4 Å². The number of piperidine rings is 2. The van der Waals surface area contributed by atoms with Crippen molar-refractivity contribution in [3.05, 3.63) is 58.4 Å². The van der Waals surface area contributed by atoms with E-state index in [2.05, 4.69) is 21.3 Å². The fourth-order valence-corrected chi connectivity index (χ4v) is 6.22. The largest absolute Gasteiger partial charge is 0.383 e. The highest BCUT2D eigenvalue weighted by atomic mass is 32.1. The molecule has 1 atom stereocenters. The first-order valence-electron chi connectivity index (χ1n) is 11.8. The first-order valence-corrected chi connectivity index (χ1v) is 12.7. The highest BCUT2D eigenvalue weighted by molar-refractivity contribution is 7.18. The predicted octanol–water partition coefficient (Wildman–Crippen LogP) is 1.94. The van der Waals surface area contributed by atoms with Gasteiger partial charge in [0.1, 0.15) is 16.7 Å². The van der Waals surface area contributed by atoms with Crippen LogP contribution in [0.3, 0.4) is 0 Å². The van der Waals surface area contributed by atoms with E-state index in [1.165, 1.54) is 9.60 Å². The number of aromatic nitrogens is 2. The summed E-state index contributed by atoms with van der Waals surface area (Å²) < 4.78 is 1.18. The van der Waals surface area contributed by atoms with Crippen LogP contribution >= 0.6 is 11.3 Å². The number of thiazole rings is 1. The molecular formula is C25H25N5O4S. The first kappa shape index (κ1) is 22.3. The van der Waals surface area contributed by atoms with E-state index in [0.29, 0.717) is 49.3 Å². The zero-order valence-electron chi connectivity index (χ0n) is 19.1. The molecule has 3 aliphatic rings. The van der Waals surface area contributed by atoms with Gasteiger partial charge in [-0.25, -0.2) is 4.98 Å². The van der Waals surface area contributed by atoms with E-state index in [0.717, 1.165) is 17.1 Å². The summed E-state index contributed by atoms with van der Waals surface area (Å²) in [4.78, 5) is 49.8. The third-order valence-corrected chi connectivity index (χ3v) is 8.25. The van der Waals surface area contributed by atoms with Crippen LogP contribution in [0.4, 0.5) is 0 Å². The van der Waals surface area contributed by atoms with Crippen LogP contribution in [-0.4, -0.2) is 61.7 Å². The molecule has 0 saturated carbocycles. The number of likely N-dealkylation sites (tertiary alicyclic amines) is 1. The molecule has 3 amide bonds. The molecule has 9 nitrogen and oxygen atoms in total. The molecule has 0 radical (unpaired) electrons. The van der Waals surface area contributed by atoms with Crippen LogP contribution in [0.25, 0.3) is 10.2 Å². The highest BCUT2D eigenvalue weighted by Crippen LogP contribution is 2.35. The summed E-state index contributed by atoms with van der Waals surface area (Å²) in [6, 6.07) is 10.9. The zero-order valence-corrected chi connectivity index (χ0v) is 19.9. The number of rotatable bonds is 4. The molecule has 2 aromatic heterocycles. The number of carbonyl (C=O) groups excluding carboxylic acids is 3. The van der Waals surface area contributed by atoms with Gasteiger partial charge in [0.25, 0.3) is 5.91 Å². The van der Waals surface area contributed by atoms with Crippen molar-refractivity contribution >= 4 is 39.3 Å². The Kier molecular flexibility index (Phi) is 5.39. The molecule has 35 heavy (non-hydrogen) atoms. The van der Waals surface area contributed by atoms with Crippen molar-refractivity contribution in [1.29, 1.82) is 0 Å². The topological polar surface area (TPSA) is 116 Å². The summed E-state index contributed by atoms with van der Waals surface area (Å²) in [6.07, 6.45) is 1.59. The Hall–Kier alpha value is -3.21. The number of nitrogens with one attached hydrogen (secondary N) is 1. The number of nitrogens with zero attached hydrogens (tertiary/aromatic N) is 4. The lowest BCUT2D eigenvalue weighted by Crippen LogP contribution is -2.52. The van der Waals surface area contributed by atoms with Crippen molar-refractivity contribution in [3.63, 3.8) is 0 Å². The summed E-state index contributed by atoms with van der Waals surface area (Å²) in [6.45, 7) is 2.38. The second-order valence-corrected chi connectivity index (χ2v) is 10.6. The molecule has 2 fully saturated rings. The van der Waals surface area contributed by atoms with E-state index in [9.17, 15) is 19.5 Å². The Morgan fingerprint density at radius 1 is 1.09 bits per heavy atom. The number of aliphatic hydroxyl groups is 1. The number of amides is 3. The number of hydrogen-bond acceptors (Lipinski definition) is 8. The van der Waals surface area contributed by atoms with Crippen molar-refractivity contribution in [3.8, 4) is 0 Å². The van der Waals surface area contributed by atoms with Gasteiger partial charge in [0.05, 0.1) is 40.3 Å². The number of benzene rings is 1. The Balaban J connectivity index is 1.13. The molecule has 2 saturated heterocycles. The van der Waals surface area contributed by atoms with Gasteiger partial charge in [0.2, 0.25) is 11.8 Å². The minimum atomic E-state index is -1.07. The van der Waals surface area contributed by atoms with E-state index < -0.39 is 17.6 Å². The molecule has 2 N–H and O–H groups in total. The molecule has 1 unspecified atom stereocenters. The van der Waals surface area contributed by atoms with Gasteiger partial charge in [0, 0.05) is 19.5 Å². The van der Waals surface area contributed by atoms with E-state index >= 15 is 0 Å². The van der Waals surface area contributed by atoms with Gasteiger partial charge in [-0.15, -0.1) is 11.3 Å². The first-order chi connectivity index (χ1) is 16.9. The third kappa shape index (κ3) is 4.01. The number of carbonyl (C=O) groups is 3. The number of para-hydroxylation sites is 1. The SMILES string of the molecule is O=C1CCC(N2Cc3nc(C4(O)CCN(Cc5nc6ccccc6s5)CC4)ccc3C2=O)C(=O)N1. The van der Waals surface area contributed by atoms with Gasteiger partial charge >= 0.3 is 0 Å². The van der Waals surface area contributed by atoms with Crippen LogP contribution in [0, 0.1) is 0 Å². The van der Waals surface area contributed by atoms with Gasteiger partial charge < -0.3 is 10.0 Å². The summed E-state index contributed by atoms with van der Waals surface area (Å²) in [7, 11) is 0. The molecule has 6 rings (SSSR count). The Morgan fingerprint density at radius 2 is 1.89 bits per heavy atom. The molecule has 10 heteroatoms. The fourth-order valence-electron chi connectivity index (χ4n) is 5.21. The Labute approximate surface area is 205 Å². The second-order valence-electron chi connectivity index (χ2n) is 9.47. The normalized spacial score (nSPS) is 22.5. The molecule has 0 aliphatic carbocycles. The Morgan fingerprint density at radius 3 is 2.66 bits per heavy atom. The van der Waals surface area contributed by atoms with Gasteiger partial charge in [-0.05, 0) is 43.5 Å². The number of hydrogen-bond donors (Lipinski definition) is 2. The van der Waals surface area contributed by atoms with Crippen molar-refractivity contribution in [1.82, 2.24) is 25.1 Å². The van der Waals surface area contributed by atoms with Gasteiger partial charge in [-0.2, -0.15) is 0 Å². The second kappa shape index (κ2) is 8.47. The van der Waals surface area contributed by atoms with E-state index in [1.807, 2.05) is 18.2 Å².